The second kappa shape index (κ2) is 6.74. The Bertz CT molecular complexity index is 1060. The van der Waals surface area contributed by atoms with Gasteiger partial charge in [0.15, 0.2) is 0 Å². The summed E-state index contributed by atoms with van der Waals surface area (Å²) in [6.45, 7) is 1.38. The number of hydrogen-bond acceptors (Lipinski definition) is 5. The summed E-state index contributed by atoms with van der Waals surface area (Å²) in [6.07, 6.45) is 0.118. The predicted octanol–water partition coefficient (Wildman–Crippen LogP) is 2.28. The molecule has 0 bridgehead atoms. The molecule has 1 saturated heterocycles. The topological polar surface area (TPSA) is 99.5 Å². The first kappa shape index (κ1) is 18.7. The van der Waals surface area contributed by atoms with Gasteiger partial charge in [0.25, 0.3) is 0 Å². The summed E-state index contributed by atoms with van der Waals surface area (Å²) in [5.41, 5.74) is 1.44. The van der Waals surface area contributed by atoms with Gasteiger partial charge < -0.3 is 15.0 Å². The molecule has 146 valence electrons. The Morgan fingerprint density at radius 1 is 1.21 bits per heavy atom. The molecule has 2 heterocycles. The fourth-order valence-corrected chi connectivity index (χ4v) is 4.66. The molecule has 0 aromatic heterocycles. The third-order valence-corrected chi connectivity index (χ3v) is 5.85. The monoisotopic (exact) mass is 389 g/mol. The molecule has 1 fully saturated rings. The van der Waals surface area contributed by atoms with E-state index in [4.69, 9.17) is 10.00 Å². The van der Waals surface area contributed by atoms with Gasteiger partial charge >= 0.3 is 5.97 Å². The average Bonchev–Trinajstić information content (AvgIpc) is 3.24. The standard InChI is InChI=1S/C22H19N3O4/c1-13(26)25-18(20(27)29-2)11-22(16-5-3-4-6-17(16)24-21(22)28)19(25)15-9-7-14(12-23)8-10-15/h3-10,18-19H,11H2,1-2H3,(H,24,28)/t18-,19-,22+/m0/s1. The van der Waals surface area contributed by atoms with Gasteiger partial charge in [-0.2, -0.15) is 5.26 Å². The molecular weight excluding hydrogens is 370 g/mol. The molecule has 7 heteroatoms. The molecule has 2 aromatic rings. The minimum atomic E-state index is -1.13. The van der Waals surface area contributed by atoms with Crippen LogP contribution >= 0.6 is 0 Å². The highest BCUT2D eigenvalue weighted by Gasteiger charge is 2.63. The molecular formula is C22H19N3O4. The Morgan fingerprint density at radius 2 is 1.90 bits per heavy atom. The first-order valence-electron chi connectivity index (χ1n) is 9.21. The van der Waals surface area contributed by atoms with Crippen LogP contribution in [-0.2, 0) is 24.5 Å². The number of nitrogens with zero attached hydrogens (tertiary/aromatic N) is 2. The Labute approximate surface area is 167 Å². The van der Waals surface area contributed by atoms with E-state index in [0.717, 1.165) is 5.56 Å². The van der Waals surface area contributed by atoms with Gasteiger partial charge in [0.2, 0.25) is 11.8 Å². The lowest BCUT2D eigenvalue weighted by molar-refractivity contribution is -0.151. The number of anilines is 1. The summed E-state index contributed by atoms with van der Waals surface area (Å²) in [5.74, 6) is -1.15. The number of likely N-dealkylation sites (tertiary alicyclic amines) is 1. The molecule has 0 aliphatic carbocycles. The quantitative estimate of drug-likeness (QED) is 0.795. The Hall–Kier alpha value is -3.66. The van der Waals surface area contributed by atoms with Crippen LogP contribution < -0.4 is 5.32 Å². The number of benzene rings is 2. The Morgan fingerprint density at radius 3 is 2.52 bits per heavy atom. The lowest BCUT2D eigenvalue weighted by atomic mass is 9.72. The highest BCUT2D eigenvalue weighted by atomic mass is 16.5. The van der Waals surface area contributed by atoms with Gasteiger partial charge in [0.1, 0.15) is 11.5 Å². The van der Waals surface area contributed by atoms with Crippen molar-refractivity contribution in [1.82, 2.24) is 4.90 Å². The zero-order chi connectivity index (χ0) is 20.8. The van der Waals surface area contributed by atoms with E-state index in [-0.39, 0.29) is 18.2 Å². The average molecular weight is 389 g/mol. The Kier molecular flexibility index (Phi) is 4.35. The third-order valence-electron chi connectivity index (χ3n) is 5.85. The first-order valence-corrected chi connectivity index (χ1v) is 9.21. The van der Waals surface area contributed by atoms with Gasteiger partial charge in [0, 0.05) is 12.6 Å². The molecule has 0 saturated carbocycles. The van der Waals surface area contributed by atoms with Crippen LogP contribution in [0.4, 0.5) is 5.69 Å². The van der Waals surface area contributed by atoms with Crippen LogP contribution in [0.2, 0.25) is 0 Å². The van der Waals surface area contributed by atoms with Gasteiger partial charge in [0.05, 0.1) is 24.8 Å². The molecule has 0 radical (unpaired) electrons. The normalized spacial score (nSPS) is 24.7. The molecule has 1 spiro atoms. The van der Waals surface area contributed by atoms with E-state index in [1.165, 1.54) is 18.9 Å². The summed E-state index contributed by atoms with van der Waals surface area (Å²) in [5, 5.41) is 12.0. The minimum absolute atomic E-state index is 0.118. The van der Waals surface area contributed by atoms with Gasteiger partial charge in [-0.3, -0.25) is 9.59 Å². The second-order valence-corrected chi connectivity index (χ2v) is 7.28. The largest absolute Gasteiger partial charge is 0.467 e. The van der Waals surface area contributed by atoms with Crippen molar-refractivity contribution >= 4 is 23.5 Å². The molecule has 0 unspecified atom stereocenters. The summed E-state index contributed by atoms with van der Waals surface area (Å²) in [6, 6.07) is 14.5. The van der Waals surface area contributed by atoms with E-state index in [1.54, 1.807) is 30.3 Å². The number of ether oxygens (including phenoxy) is 1. The van der Waals surface area contributed by atoms with Crippen molar-refractivity contribution in [3.8, 4) is 6.07 Å². The number of amides is 2. The van der Waals surface area contributed by atoms with Crippen LogP contribution in [0.25, 0.3) is 0 Å². The maximum absolute atomic E-state index is 13.3. The summed E-state index contributed by atoms with van der Waals surface area (Å²) in [4.78, 5) is 40.0. The van der Waals surface area contributed by atoms with E-state index in [0.29, 0.717) is 16.8 Å². The van der Waals surface area contributed by atoms with E-state index in [2.05, 4.69) is 11.4 Å². The molecule has 2 aliphatic rings. The van der Waals surface area contributed by atoms with Crippen LogP contribution in [0.5, 0.6) is 0 Å². The number of rotatable bonds is 2. The fourth-order valence-electron chi connectivity index (χ4n) is 4.66. The van der Waals surface area contributed by atoms with Crippen molar-refractivity contribution in [2.24, 2.45) is 0 Å². The maximum atomic E-state index is 13.3. The minimum Gasteiger partial charge on any atom is -0.467 e. The van der Waals surface area contributed by atoms with Crippen LogP contribution in [0, 0.1) is 11.3 Å². The summed E-state index contributed by atoms with van der Waals surface area (Å²) < 4.78 is 4.95. The van der Waals surface area contributed by atoms with Crippen molar-refractivity contribution in [3.63, 3.8) is 0 Å². The Balaban J connectivity index is 1.97. The molecule has 2 aliphatic heterocycles. The summed E-state index contributed by atoms with van der Waals surface area (Å²) in [7, 11) is 1.27. The molecule has 29 heavy (non-hydrogen) atoms. The number of carbonyl (C=O) groups excluding carboxylic acids is 3. The van der Waals surface area contributed by atoms with Crippen molar-refractivity contribution in [1.29, 1.82) is 5.26 Å². The van der Waals surface area contributed by atoms with Crippen molar-refractivity contribution in [3.05, 3.63) is 65.2 Å². The number of nitrogens with one attached hydrogen (secondary N) is 1. The number of methoxy groups -OCH3 is 1. The van der Waals surface area contributed by atoms with Crippen molar-refractivity contribution < 1.29 is 19.1 Å². The SMILES string of the molecule is COC(=O)[C@@H]1C[C@]2(C(=O)Nc3ccccc32)[C@H](c2ccc(C#N)cc2)N1C(C)=O. The van der Waals surface area contributed by atoms with E-state index >= 15 is 0 Å². The molecule has 2 aromatic carbocycles. The zero-order valence-corrected chi connectivity index (χ0v) is 16.0. The lowest BCUT2D eigenvalue weighted by Gasteiger charge is -2.34. The van der Waals surface area contributed by atoms with E-state index in [9.17, 15) is 14.4 Å². The molecule has 2 amide bonds. The van der Waals surface area contributed by atoms with Crippen LogP contribution in [-0.4, -0.2) is 35.8 Å². The van der Waals surface area contributed by atoms with Crippen LogP contribution in [0.15, 0.2) is 48.5 Å². The number of carbonyl (C=O) groups is 3. The lowest BCUT2D eigenvalue weighted by Crippen LogP contribution is -2.44. The van der Waals surface area contributed by atoms with Gasteiger partial charge in [-0.05, 0) is 35.7 Å². The highest BCUT2D eigenvalue weighted by Crippen LogP contribution is 2.56. The van der Waals surface area contributed by atoms with Gasteiger partial charge in [-0.1, -0.05) is 30.3 Å². The van der Waals surface area contributed by atoms with Gasteiger partial charge in [-0.15, -0.1) is 0 Å². The van der Waals surface area contributed by atoms with E-state index < -0.39 is 23.5 Å². The number of hydrogen-bond donors (Lipinski definition) is 1. The number of nitriles is 1. The fraction of sp³-hybridized carbons (Fsp3) is 0.273. The van der Waals surface area contributed by atoms with Crippen molar-refractivity contribution in [2.45, 2.75) is 30.8 Å². The molecule has 4 rings (SSSR count). The first-order chi connectivity index (χ1) is 13.9. The number of fused-ring (bicyclic) bond motifs is 2. The van der Waals surface area contributed by atoms with Crippen molar-refractivity contribution in [2.75, 3.05) is 12.4 Å². The highest BCUT2D eigenvalue weighted by molar-refractivity contribution is 6.08. The second-order valence-electron chi connectivity index (χ2n) is 7.28. The van der Waals surface area contributed by atoms with Crippen LogP contribution in [0.3, 0.4) is 0 Å². The third kappa shape index (κ3) is 2.60. The van der Waals surface area contributed by atoms with Crippen LogP contribution in [0.1, 0.15) is 36.1 Å². The zero-order valence-electron chi connectivity index (χ0n) is 16.0. The molecule has 7 nitrogen and oxygen atoms in total. The smallest absolute Gasteiger partial charge is 0.328 e. The van der Waals surface area contributed by atoms with E-state index in [1.807, 2.05) is 18.2 Å². The van der Waals surface area contributed by atoms with Gasteiger partial charge in [-0.25, -0.2) is 4.79 Å². The molecule has 3 atom stereocenters. The number of esters is 1. The molecule has 1 N–H and O–H groups in total. The predicted molar refractivity (Wildman–Crippen MR) is 104 cm³/mol. The number of para-hydroxylation sites is 1. The maximum Gasteiger partial charge on any atom is 0.328 e. The summed E-state index contributed by atoms with van der Waals surface area (Å²) >= 11 is 0.